The van der Waals surface area contributed by atoms with Crippen LogP contribution in [0.4, 0.5) is 5.69 Å². The van der Waals surface area contributed by atoms with Gasteiger partial charge >= 0.3 is 0 Å². The van der Waals surface area contributed by atoms with Crippen LogP contribution >= 0.6 is 15.9 Å². The summed E-state index contributed by atoms with van der Waals surface area (Å²) < 4.78 is 11.2. The molecule has 0 aliphatic rings. The molecule has 4 heteroatoms. The number of hydrogen-bond donors (Lipinski definition) is 1. The first kappa shape index (κ1) is 13.3. The molecule has 3 nitrogen and oxygen atoms in total. The second-order valence-corrected chi connectivity index (χ2v) is 4.53. The first-order valence-corrected chi connectivity index (χ1v) is 6.05. The van der Waals surface area contributed by atoms with Crippen LogP contribution in [0, 0.1) is 0 Å². The van der Waals surface area contributed by atoms with Gasteiger partial charge in [0.15, 0.2) is 0 Å². The topological polar surface area (TPSA) is 30.5 Å². The van der Waals surface area contributed by atoms with E-state index in [-0.39, 0.29) is 0 Å². The van der Waals surface area contributed by atoms with Crippen molar-refractivity contribution < 1.29 is 9.47 Å². The molecule has 1 aromatic rings. The Labute approximate surface area is 105 Å². The lowest BCUT2D eigenvalue weighted by Gasteiger charge is -2.16. The zero-order valence-electron chi connectivity index (χ0n) is 9.92. The number of methoxy groups -OCH3 is 2. The normalized spacial score (nSPS) is 12.2. The van der Waals surface area contributed by atoms with Crippen molar-refractivity contribution >= 4 is 21.6 Å². The van der Waals surface area contributed by atoms with Gasteiger partial charge in [0.1, 0.15) is 5.75 Å². The lowest BCUT2D eigenvalue weighted by molar-refractivity contribution is 0.191. The van der Waals surface area contributed by atoms with Crippen molar-refractivity contribution in [3.8, 4) is 5.75 Å². The predicted molar refractivity (Wildman–Crippen MR) is 70.3 cm³/mol. The number of ether oxygens (including phenoxy) is 2. The van der Waals surface area contributed by atoms with Crippen molar-refractivity contribution in [2.45, 2.75) is 19.4 Å². The van der Waals surface area contributed by atoms with E-state index in [9.17, 15) is 0 Å². The van der Waals surface area contributed by atoms with Crippen LogP contribution in [0.15, 0.2) is 22.7 Å². The lowest BCUT2D eigenvalue weighted by Crippen LogP contribution is -2.17. The van der Waals surface area contributed by atoms with E-state index in [2.05, 4.69) is 28.2 Å². The summed E-state index contributed by atoms with van der Waals surface area (Å²) in [5, 5.41) is 3.41. The monoisotopic (exact) mass is 287 g/mol. The highest BCUT2D eigenvalue weighted by Crippen LogP contribution is 2.27. The fraction of sp³-hybridized carbons (Fsp3) is 0.500. The second-order valence-electron chi connectivity index (χ2n) is 3.67. The number of nitrogens with one attached hydrogen (secondary N) is 1. The van der Waals surface area contributed by atoms with Gasteiger partial charge in [-0.15, -0.1) is 0 Å². The van der Waals surface area contributed by atoms with E-state index < -0.39 is 0 Å². The summed E-state index contributed by atoms with van der Waals surface area (Å²) in [4.78, 5) is 0. The Balaban J connectivity index is 2.59. The molecule has 0 aliphatic heterocycles. The minimum absolute atomic E-state index is 0.379. The lowest BCUT2D eigenvalue weighted by atomic mass is 10.2. The minimum atomic E-state index is 0.379. The number of hydrogen-bond acceptors (Lipinski definition) is 3. The molecule has 1 aromatic carbocycles. The third kappa shape index (κ3) is 4.02. The van der Waals surface area contributed by atoms with Crippen LogP contribution in [-0.4, -0.2) is 26.9 Å². The van der Waals surface area contributed by atoms with Crippen molar-refractivity contribution in [3.05, 3.63) is 22.7 Å². The molecule has 0 saturated heterocycles. The number of rotatable bonds is 6. The van der Waals surface area contributed by atoms with E-state index in [1.54, 1.807) is 14.2 Å². The summed E-state index contributed by atoms with van der Waals surface area (Å²) in [6, 6.07) is 6.28. The summed E-state index contributed by atoms with van der Waals surface area (Å²) in [6.07, 6.45) is 0.981. The van der Waals surface area contributed by atoms with Gasteiger partial charge < -0.3 is 14.8 Å². The van der Waals surface area contributed by atoms with Gasteiger partial charge in [-0.25, -0.2) is 0 Å². The SMILES string of the molecule is COCCC(C)Nc1ccc(OC)cc1Br. The molecule has 0 heterocycles. The zero-order valence-corrected chi connectivity index (χ0v) is 11.5. The Kier molecular flexibility index (Phi) is 5.63. The van der Waals surface area contributed by atoms with E-state index in [4.69, 9.17) is 9.47 Å². The molecule has 0 fully saturated rings. The van der Waals surface area contributed by atoms with Crippen molar-refractivity contribution in [1.82, 2.24) is 0 Å². The third-order valence-electron chi connectivity index (χ3n) is 2.33. The Bertz CT molecular complexity index is 331. The first-order chi connectivity index (χ1) is 7.67. The Morgan fingerprint density at radius 1 is 1.38 bits per heavy atom. The Morgan fingerprint density at radius 3 is 2.69 bits per heavy atom. The standard InChI is InChI=1S/C12H18BrNO2/c1-9(6-7-15-2)14-12-5-4-10(16-3)8-11(12)13/h4-5,8-9,14H,6-7H2,1-3H3. The third-order valence-corrected chi connectivity index (χ3v) is 2.99. The fourth-order valence-corrected chi connectivity index (χ4v) is 1.84. The fourth-order valence-electron chi connectivity index (χ4n) is 1.37. The zero-order chi connectivity index (χ0) is 12.0. The van der Waals surface area contributed by atoms with Gasteiger partial charge in [0.05, 0.1) is 7.11 Å². The van der Waals surface area contributed by atoms with E-state index >= 15 is 0 Å². The molecular weight excluding hydrogens is 270 g/mol. The van der Waals surface area contributed by atoms with Gasteiger partial charge in [0, 0.05) is 29.9 Å². The molecular formula is C12H18BrNO2. The molecule has 0 bridgehead atoms. The first-order valence-electron chi connectivity index (χ1n) is 5.26. The van der Waals surface area contributed by atoms with Crippen LogP contribution in [0.3, 0.4) is 0 Å². The van der Waals surface area contributed by atoms with Crippen molar-refractivity contribution in [3.63, 3.8) is 0 Å². The van der Waals surface area contributed by atoms with Crippen molar-refractivity contribution in [1.29, 1.82) is 0 Å². The molecule has 1 unspecified atom stereocenters. The average Bonchev–Trinajstić information content (AvgIpc) is 2.29. The summed E-state index contributed by atoms with van der Waals surface area (Å²) in [5.41, 5.74) is 1.07. The van der Waals surface area contributed by atoms with Gasteiger partial charge in [-0.05, 0) is 47.5 Å². The highest BCUT2D eigenvalue weighted by Gasteiger charge is 2.05. The molecule has 1 atom stereocenters. The Morgan fingerprint density at radius 2 is 2.12 bits per heavy atom. The maximum atomic E-state index is 5.14. The van der Waals surface area contributed by atoms with Crippen LogP contribution in [0.5, 0.6) is 5.75 Å². The van der Waals surface area contributed by atoms with Crippen molar-refractivity contribution in [2.75, 3.05) is 26.1 Å². The van der Waals surface area contributed by atoms with Crippen LogP contribution in [-0.2, 0) is 4.74 Å². The van der Waals surface area contributed by atoms with Gasteiger partial charge in [0.25, 0.3) is 0 Å². The molecule has 0 aliphatic carbocycles. The summed E-state index contributed by atoms with van der Waals surface area (Å²) in [7, 11) is 3.38. The number of anilines is 1. The smallest absolute Gasteiger partial charge is 0.120 e. The number of benzene rings is 1. The molecule has 0 amide bonds. The van der Waals surface area contributed by atoms with E-state index in [1.807, 2.05) is 18.2 Å². The van der Waals surface area contributed by atoms with E-state index in [1.165, 1.54) is 0 Å². The predicted octanol–water partition coefficient (Wildman–Crippen LogP) is 3.29. The highest BCUT2D eigenvalue weighted by molar-refractivity contribution is 9.10. The van der Waals surface area contributed by atoms with E-state index in [0.717, 1.165) is 28.9 Å². The van der Waals surface area contributed by atoms with Crippen LogP contribution in [0.2, 0.25) is 0 Å². The quantitative estimate of drug-likeness (QED) is 0.871. The molecule has 0 saturated carbocycles. The average molecular weight is 288 g/mol. The molecule has 1 rings (SSSR count). The molecule has 90 valence electrons. The maximum Gasteiger partial charge on any atom is 0.120 e. The largest absolute Gasteiger partial charge is 0.497 e. The van der Waals surface area contributed by atoms with Gasteiger partial charge in [-0.3, -0.25) is 0 Å². The molecule has 16 heavy (non-hydrogen) atoms. The molecule has 0 spiro atoms. The van der Waals surface area contributed by atoms with E-state index in [0.29, 0.717) is 6.04 Å². The summed E-state index contributed by atoms with van der Waals surface area (Å²) in [5.74, 6) is 0.849. The molecule has 0 aromatic heterocycles. The molecule has 1 N–H and O–H groups in total. The van der Waals surface area contributed by atoms with Gasteiger partial charge in [-0.1, -0.05) is 0 Å². The summed E-state index contributed by atoms with van der Waals surface area (Å²) >= 11 is 3.51. The van der Waals surface area contributed by atoms with Crippen molar-refractivity contribution in [2.24, 2.45) is 0 Å². The minimum Gasteiger partial charge on any atom is -0.497 e. The highest BCUT2D eigenvalue weighted by atomic mass is 79.9. The van der Waals surface area contributed by atoms with Gasteiger partial charge in [0.2, 0.25) is 0 Å². The van der Waals surface area contributed by atoms with Crippen LogP contribution < -0.4 is 10.1 Å². The summed E-state index contributed by atoms with van der Waals surface area (Å²) in [6.45, 7) is 2.90. The van der Waals surface area contributed by atoms with Crippen LogP contribution in [0.25, 0.3) is 0 Å². The molecule has 0 radical (unpaired) electrons. The second kappa shape index (κ2) is 6.76. The number of halogens is 1. The van der Waals surface area contributed by atoms with Gasteiger partial charge in [-0.2, -0.15) is 0 Å². The Hall–Kier alpha value is -0.740. The maximum absolute atomic E-state index is 5.14. The van der Waals surface area contributed by atoms with Crippen LogP contribution in [0.1, 0.15) is 13.3 Å².